The van der Waals surface area contributed by atoms with Crippen LogP contribution in [0, 0.1) is 0 Å². The van der Waals surface area contributed by atoms with Crippen LogP contribution in [0.4, 0.5) is 0 Å². The van der Waals surface area contributed by atoms with Crippen LogP contribution in [-0.4, -0.2) is 97.5 Å². The molecule has 0 amide bonds. The molecule has 0 aromatic heterocycles. The highest BCUT2D eigenvalue weighted by Gasteiger charge is 2.48. The molecule has 0 radical (unpaired) electrons. The predicted molar refractivity (Wildman–Crippen MR) is 248 cm³/mol. The molecule has 0 aromatic carbocycles. The largest absolute Gasteiger partial charge is 0.457 e. The van der Waals surface area contributed by atoms with Crippen molar-refractivity contribution in [3.05, 3.63) is 0 Å². The highest BCUT2D eigenvalue weighted by molar-refractivity contribution is 7.80. The molecule has 12 nitrogen and oxygen atoms in total. The maximum Gasteiger partial charge on any atom is 0.397 e. The minimum Gasteiger partial charge on any atom is -0.457 e. The summed E-state index contributed by atoms with van der Waals surface area (Å²) in [5.41, 5.74) is 0. The first-order chi connectivity index (χ1) is 30.1. The third kappa shape index (κ3) is 34.4. The van der Waals surface area contributed by atoms with Crippen molar-refractivity contribution in [2.45, 2.75) is 282 Å². The van der Waals surface area contributed by atoms with Crippen LogP contribution in [0.1, 0.15) is 245 Å². The Kier molecular flexibility index (Phi) is 39.6. The molecular weight excluding hydrogens is 813 g/mol. The van der Waals surface area contributed by atoms with Gasteiger partial charge in [-0.3, -0.25) is 9.35 Å². The number of hydrogen-bond acceptors (Lipinski definition) is 11. The molecule has 0 aromatic rings. The smallest absolute Gasteiger partial charge is 0.397 e. The minimum absolute atomic E-state index is 0.0446. The maximum absolute atomic E-state index is 12.9. The van der Waals surface area contributed by atoms with Crippen molar-refractivity contribution in [3.8, 4) is 0 Å². The molecule has 0 aliphatic carbocycles. The Balaban J connectivity index is 2.29. The quantitative estimate of drug-likeness (QED) is 0.0258. The second kappa shape index (κ2) is 41.5. The molecule has 1 rings (SSSR count). The highest BCUT2D eigenvalue weighted by Crippen LogP contribution is 2.26. The van der Waals surface area contributed by atoms with E-state index < -0.39 is 59.8 Å². The molecule has 1 fully saturated rings. The monoisotopic (exact) mass is 909 g/mol. The summed E-state index contributed by atoms with van der Waals surface area (Å²) in [4.78, 5) is 12.9. The average molecular weight is 909 g/mol. The van der Waals surface area contributed by atoms with E-state index in [4.69, 9.17) is 18.9 Å². The van der Waals surface area contributed by atoms with E-state index in [1.54, 1.807) is 0 Å². The average Bonchev–Trinajstić information content (AvgIpc) is 3.24. The van der Waals surface area contributed by atoms with E-state index in [-0.39, 0.29) is 19.6 Å². The minimum atomic E-state index is -5.06. The Bertz CT molecular complexity index is 1090. The number of ether oxygens (including phenoxy) is 4. The van der Waals surface area contributed by atoms with Crippen molar-refractivity contribution in [2.24, 2.45) is 0 Å². The topological polar surface area (TPSA) is 178 Å². The van der Waals surface area contributed by atoms with E-state index in [2.05, 4.69) is 18.0 Å². The molecule has 1 heterocycles. The Morgan fingerprint density at radius 1 is 0.548 bits per heavy atom. The second-order valence-electron chi connectivity index (χ2n) is 18.1. The molecule has 370 valence electrons. The molecule has 0 saturated carbocycles. The van der Waals surface area contributed by atoms with E-state index in [1.165, 1.54) is 180 Å². The lowest BCUT2D eigenvalue weighted by Crippen LogP contribution is -2.60. The van der Waals surface area contributed by atoms with Crippen LogP contribution in [0.5, 0.6) is 0 Å². The van der Waals surface area contributed by atoms with Crippen LogP contribution >= 0.6 is 0 Å². The van der Waals surface area contributed by atoms with E-state index in [1.807, 2.05) is 0 Å². The highest BCUT2D eigenvalue weighted by atomic mass is 32.3. The zero-order chi connectivity index (χ0) is 45.4. The summed E-state index contributed by atoms with van der Waals surface area (Å²) in [5, 5.41) is 30.7. The van der Waals surface area contributed by atoms with E-state index >= 15 is 0 Å². The van der Waals surface area contributed by atoms with E-state index in [0.29, 0.717) is 13.0 Å². The molecular formula is C49H96O12S. The van der Waals surface area contributed by atoms with Crippen molar-refractivity contribution in [2.75, 3.05) is 26.4 Å². The maximum atomic E-state index is 12.9. The zero-order valence-corrected chi connectivity index (χ0v) is 40.5. The van der Waals surface area contributed by atoms with Gasteiger partial charge < -0.3 is 34.3 Å². The lowest BCUT2D eigenvalue weighted by molar-refractivity contribution is -0.301. The molecule has 0 spiro atoms. The fourth-order valence-electron chi connectivity index (χ4n) is 8.32. The van der Waals surface area contributed by atoms with Gasteiger partial charge in [-0.25, -0.2) is 4.18 Å². The van der Waals surface area contributed by atoms with Crippen molar-refractivity contribution in [3.63, 3.8) is 0 Å². The SMILES string of the molecule is CCCCCCCCCCCCCCCCCCCCCCCCCC(=O)OC(COCCCCCCCCCCCCCC)COC1OC(CO)C(O)C(OS(=O)(=O)O)C1O. The van der Waals surface area contributed by atoms with Crippen LogP contribution < -0.4 is 0 Å². The number of rotatable bonds is 46. The van der Waals surface area contributed by atoms with Crippen LogP contribution in [0.25, 0.3) is 0 Å². The Hall–Kier alpha value is -0.900. The molecule has 1 aliphatic rings. The third-order valence-electron chi connectivity index (χ3n) is 12.2. The number of carbonyl (C=O) groups is 1. The molecule has 4 N–H and O–H groups in total. The summed E-state index contributed by atoms with van der Waals surface area (Å²) < 4.78 is 59.2. The standard InChI is InChI=1S/C49H96O12S/c1-3-5-7-9-11-13-15-17-18-19-20-21-22-23-24-25-26-27-28-30-32-34-36-38-45(51)59-43(41-57-39-37-35-33-31-29-16-14-12-10-8-6-4-2)42-58-49-47(53)48(61-62(54,55)56)46(52)44(40-50)60-49/h43-44,46-50,52-53H,3-42H2,1-2H3,(H,54,55,56). The van der Waals surface area contributed by atoms with Gasteiger partial charge in [0.25, 0.3) is 0 Å². The van der Waals surface area contributed by atoms with Gasteiger partial charge >= 0.3 is 16.4 Å². The number of carbonyl (C=O) groups excluding carboxylic acids is 1. The number of unbranched alkanes of at least 4 members (excludes halogenated alkanes) is 33. The second-order valence-corrected chi connectivity index (χ2v) is 19.2. The van der Waals surface area contributed by atoms with Crippen molar-refractivity contribution < 1.29 is 56.2 Å². The van der Waals surface area contributed by atoms with Gasteiger partial charge in [0, 0.05) is 13.0 Å². The zero-order valence-electron chi connectivity index (χ0n) is 39.7. The first-order valence-corrected chi connectivity index (χ1v) is 27.2. The van der Waals surface area contributed by atoms with E-state index in [9.17, 15) is 33.1 Å². The third-order valence-corrected chi connectivity index (χ3v) is 12.7. The molecule has 0 bridgehead atoms. The van der Waals surface area contributed by atoms with Gasteiger partial charge in [-0.05, 0) is 12.8 Å². The van der Waals surface area contributed by atoms with Crippen LogP contribution in [0.3, 0.4) is 0 Å². The summed E-state index contributed by atoms with van der Waals surface area (Å²) in [7, 11) is -5.06. The lowest BCUT2D eigenvalue weighted by atomic mass is 9.99. The van der Waals surface area contributed by atoms with E-state index in [0.717, 1.165) is 38.5 Å². The van der Waals surface area contributed by atoms with Crippen LogP contribution in [-0.2, 0) is 38.3 Å². The predicted octanol–water partition coefficient (Wildman–Crippen LogP) is 11.6. The Labute approximate surface area is 379 Å². The van der Waals surface area contributed by atoms with Gasteiger partial charge in [0.15, 0.2) is 6.29 Å². The van der Waals surface area contributed by atoms with Crippen LogP contribution in [0.15, 0.2) is 0 Å². The molecule has 6 unspecified atom stereocenters. The van der Waals surface area contributed by atoms with Gasteiger partial charge in [-0.1, -0.05) is 226 Å². The summed E-state index contributed by atoms with van der Waals surface area (Å²) in [6.07, 6.45) is 35.7. The van der Waals surface area contributed by atoms with Gasteiger partial charge in [-0.15, -0.1) is 0 Å². The molecule has 62 heavy (non-hydrogen) atoms. The van der Waals surface area contributed by atoms with Gasteiger partial charge in [0.2, 0.25) is 0 Å². The lowest BCUT2D eigenvalue weighted by Gasteiger charge is -2.41. The Morgan fingerprint density at radius 3 is 1.29 bits per heavy atom. The van der Waals surface area contributed by atoms with Crippen LogP contribution in [0.2, 0.25) is 0 Å². The molecule has 6 atom stereocenters. The summed E-state index contributed by atoms with van der Waals surface area (Å²) in [6, 6.07) is 0. The number of hydrogen-bond donors (Lipinski definition) is 4. The van der Waals surface area contributed by atoms with Crippen molar-refractivity contribution >= 4 is 16.4 Å². The number of esters is 1. The molecule has 1 saturated heterocycles. The van der Waals surface area contributed by atoms with Gasteiger partial charge in [0.1, 0.15) is 30.5 Å². The summed E-state index contributed by atoms with van der Waals surface area (Å²) in [6.45, 7) is 4.04. The molecule has 13 heteroatoms. The van der Waals surface area contributed by atoms with Gasteiger partial charge in [-0.2, -0.15) is 8.42 Å². The fraction of sp³-hybridized carbons (Fsp3) is 0.980. The Morgan fingerprint density at radius 2 is 0.919 bits per heavy atom. The first kappa shape index (κ1) is 59.1. The summed E-state index contributed by atoms with van der Waals surface area (Å²) in [5.74, 6) is -0.391. The number of aliphatic hydroxyl groups is 3. The number of aliphatic hydroxyl groups excluding tert-OH is 3. The normalized spacial score (nSPS) is 19.9. The van der Waals surface area contributed by atoms with Gasteiger partial charge in [0.05, 0.1) is 19.8 Å². The first-order valence-electron chi connectivity index (χ1n) is 25.8. The van der Waals surface area contributed by atoms with Crippen molar-refractivity contribution in [1.29, 1.82) is 0 Å². The molecule has 1 aliphatic heterocycles. The van der Waals surface area contributed by atoms with Crippen molar-refractivity contribution in [1.82, 2.24) is 0 Å². The summed E-state index contributed by atoms with van der Waals surface area (Å²) >= 11 is 0. The fourth-order valence-corrected chi connectivity index (χ4v) is 8.83.